The average molecular weight is 219 g/mol. The van der Waals surface area contributed by atoms with Crippen molar-refractivity contribution in [2.24, 2.45) is 0 Å². The molecule has 0 aliphatic carbocycles. The van der Waals surface area contributed by atoms with Crippen molar-refractivity contribution in [1.82, 2.24) is 9.97 Å². The molecule has 0 radical (unpaired) electrons. The van der Waals surface area contributed by atoms with E-state index in [1.807, 2.05) is 0 Å². The summed E-state index contributed by atoms with van der Waals surface area (Å²) in [5.41, 5.74) is 1.17. The van der Waals surface area contributed by atoms with E-state index >= 15 is 0 Å². The van der Waals surface area contributed by atoms with Gasteiger partial charge in [0.25, 0.3) is 0 Å². The molecule has 4 nitrogen and oxygen atoms in total. The summed E-state index contributed by atoms with van der Waals surface area (Å²) in [6.45, 7) is 0. The molecular weight excluding hydrogens is 209 g/mol. The molecular formula is C11H10FN3O. The first-order valence-electron chi connectivity index (χ1n) is 4.77. The molecule has 0 fully saturated rings. The van der Waals surface area contributed by atoms with Crippen molar-refractivity contribution in [2.75, 3.05) is 5.32 Å². The molecule has 1 amide bonds. The molecule has 0 aliphatic rings. The first-order chi connectivity index (χ1) is 7.74. The highest BCUT2D eigenvalue weighted by atomic mass is 19.1. The smallest absolute Gasteiger partial charge is 0.230 e. The van der Waals surface area contributed by atoms with Gasteiger partial charge in [0.1, 0.15) is 5.82 Å². The predicted octanol–water partition coefficient (Wildman–Crippen LogP) is 1.73. The number of amides is 1. The minimum atomic E-state index is -0.376. The largest absolute Gasteiger partial charge is 0.348 e. The summed E-state index contributed by atoms with van der Waals surface area (Å²) in [5, 5.41) is 2.59. The third kappa shape index (κ3) is 2.66. The van der Waals surface area contributed by atoms with Gasteiger partial charge in [0, 0.05) is 17.6 Å². The van der Waals surface area contributed by atoms with Gasteiger partial charge in [-0.05, 0) is 18.2 Å². The Labute approximate surface area is 91.5 Å². The SMILES string of the molecule is O=C(Cc1cnc[nH]1)Nc1cccc(F)c1. The van der Waals surface area contributed by atoms with Crippen LogP contribution in [0.1, 0.15) is 5.69 Å². The zero-order valence-corrected chi connectivity index (χ0v) is 8.40. The fourth-order valence-corrected chi connectivity index (χ4v) is 1.33. The fourth-order valence-electron chi connectivity index (χ4n) is 1.33. The molecule has 0 saturated heterocycles. The van der Waals surface area contributed by atoms with Gasteiger partial charge >= 0.3 is 0 Å². The Morgan fingerprint density at radius 1 is 1.50 bits per heavy atom. The van der Waals surface area contributed by atoms with Crippen LogP contribution in [0.15, 0.2) is 36.8 Å². The van der Waals surface area contributed by atoms with Crippen molar-refractivity contribution in [3.8, 4) is 0 Å². The molecule has 82 valence electrons. The highest BCUT2D eigenvalue weighted by molar-refractivity contribution is 5.91. The van der Waals surface area contributed by atoms with Crippen LogP contribution >= 0.6 is 0 Å². The number of carbonyl (C=O) groups is 1. The first kappa shape index (κ1) is 10.4. The predicted molar refractivity (Wildman–Crippen MR) is 57.3 cm³/mol. The van der Waals surface area contributed by atoms with E-state index in [2.05, 4.69) is 15.3 Å². The van der Waals surface area contributed by atoms with E-state index in [9.17, 15) is 9.18 Å². The third-order valence-corrected chi connectivity index (χ3v) is 2.01. The van der Waals surface area contributed by atoms with E-state index in [4.69, 9.17) is 0 Å². The van der Waals surface area contributed by atoms with Gasteiger partial charge in [-0.3, -0.25) is 4.79 Å². The number of aromatic nitrogens is 2. The fraction of sp³-hybridized carbons (Fsp3) is 0.0909. The summed E-state index contributed by atoms with van der Waals surface area (Å²) in [6, 6.07) is 5.77. The minimum Gasteiger partial charge on any atom is -0.348 e. The van der Waals surface area contributed by atoms with Crippen LogP contribution < -0.4 is 5.32 Å². The summed E-state index contributed by atoms with van der Waals surface area (Å²) < 4.78 is 12.8. The van der Waals surface area contributed by atoms with Crippen molar-refractivity contribution in [1.29, 1.82) is 0 Å². The number of nitrogens with one attached hydrogen (secondary N) is 2. The van der Waals surface area contributed by atoms with Crippen molar-refractivity contribution in [3.63, 3.8) is 0 Å². The molecule has 0 atom stereocenters. The normalized spacial score (nSPS) is 10.1. The lowest BCUT2D eigenvalue weighted by Gasteiger charge is -2.03. The molecule has 2 rings (SSSR count). The van der Waals surface area contributed by atoms with E-state index in [1.165, 1.54) is 18.5 Å². The maximum atomic E-state index is 12.8. The van der Waals surface area contributed by atoms with Crippen LogP contribution in [-0.2, 0) is 11.2 Å². The molecule has 0 spiro atoms. The van der Waals surface area contributed by atoms with Gasteiger partial charge in [0.2, 0.25) is 5.91 Å². The van der Waals surface area contributed by atoms with E-state index < -0.39 is 0 Å². The molecule has 0 unspecified atom stereocenters. The second-order valence-corrected chi connectivity index (χ2v) is 3.31. The number of aromatic amines is 1. The topological polar surface area (TPSA) is 57.8 Å². The average Bonchev–Trinajstić information content (AvgIpc) is 2.70. The minimum absolute atomic E-state index is 0.191. The van der Waals surface area contributed by atoms with Crippen molar-refractivity contribution < 1.29 is 9.18 Å². The standard InChI is InChI=1S/C11H10FN3O/c12-8-2-1-3-9(4-8)15-11(16)5-10-6-13-7-14-10/h1-4,6-7H,5H2,(H,13,14)(H,15,16). The molecule has 0 aliphatic heterocycles. The Hall–Kier alpha value is -2.17. The van der Waals surface area contributed by atoms with Gasteiger partial charge in [-0.2, -0.15) is 0 Å². The van der Waals surface area contributed by atoms with Crippen molar-refractivity contribution >= 4 is 11.6 Å². The Bertz CT molecular complexity index is 482. The lowest BCUT2D eigenvalue weighted by Crippen LogP contribution is -2.14. The lowest BCUT2D eigenvalue weighted by atomic mass is 10.2. The Kier molecular flexibility index (Phi) is 2.95. The Balaban J connectivity index is 1.97. The molecule has 5 heteroatoms. The molecule has 0 bridgehead atoms. The zero-order valence-electron chi connectivity index (χ0n) is 8.40. The summed E-state index contributed by atoms with van der Waals surface area (Å²) >= 11 is 0. The third-order valence-electron chi connectivity index (χ3n) is 2.01. The lowest BCUT2D eigenvalue weighted by molar-refractivity contribution is -0.115. The van der Waals surface area contributed by atoms with Crippen LogP contribution in [0.4, 0.5) is 10.1 Å². The molecule has 0 saturated carbocycles. The van der Waals surface area contributed by atoms with Gasteiger partial charge in [0.15, 0.2) is 0 Å². The van der Waals surface area contributed by atoms with Gasteiger partial charge in [0.05, 0.1) is 12.7 Å². The summed E-state index contributed by atoms with van der Waals surface area (Å²) in [4.78, 5) is 18.1. The van der Waals surface area contributed by atoms with Crippen LogP contribution in [0.3, 0.4) is 0 Å². The quantitative estimate of drug-likeness (QED) is 0.825. The van der Waals surface area contributed by atoms with Crippen LogP contribution in [0.2, 0.25) is 0 Å². The Morgan fingerprint density at radius 3 is 3.06 bits per heavy atom. The van der Waals surface area contributed by atoms with E-state index in [0.717, 1.165) is 0 Å². The second-order valence-electron chi connectivity index (χ2n) is 3.31. The van der Waals surface area contributed by atoms with Crippen LogP contribution in [-0.4, -0.2) is 15.9 Å². The molecule has 1 heterocycles. The van der Waals surface area contributed by atoms with Crippen molar-refractivity contribution in [3.05, 3.63) is 48.3 Å². The summed E-state index contributed by atoms with van der Waals surface area (Å²) in [6.07, 6.45) is 3.27. The van der Waals surface area contributed by atoms with Gasteiger partial charge in [-0.1, -0.05) is 6.07 Å². The number of imidazole rings is 1. The number of anilines is 1. The molecule has 1 aromatic carbocycles. The molecule has 1 aromatic heterocycles. The zero-order chi connectivity index (χ0) is 11.4. The summed E-state index contributed by atoms with van der Waals surface area (Å²) in [7, 11) is 0. The van der Waals surface area contributed by atoms with Gasteiger partial charge in [-0.25, -0.2) is 9.37 Å². The maximum Gasteiger partial charge on any atom is 0.230 e. The number of carbonyl (C=O) groups excluding carboxylic acids is 1. The molecule has 16 heavy (non-hydrogen) atoms. The van der Waals surface area contributed by atoms with Crippen LogP contribution in [0.25, 0.3) is 0 Å². The number of hydrogen-bond donors (Lipinski definition) is 2. The second kappa shape index (κ2) is 4.57. The Morgan fingerprint density at radius 2 is 2.38 bits per heavy atom. The van der Waals surface area contributed by atoms with Gasteiger partial charge in [-0.15, -0.1) is 0 Å². The number of halogens is 1. The number of rotatable bonds is 3. The molecule has 2 N–H and O–H groups in total. The maximum absolute atomic E-state index is 12.8. The van der Waals surface area contributed by atoms with Crippen LogP contribution in [0.5, 0.6) is 0 Å². The molecule has 2 aromatic rings. The monoisotopic (exact) mass is 219 g/mol. The highest BCUT2D eigenvalue weighted by Crippen LogP contribution is 2.09. The number of benzene rings is 1. The van der Waals surface area contributed by atoms with E-state index in [1.54, 1.807) is 18.3 Å². The highest BCUT2D eigenvalue weighted by Gasteiger charge is 2.05. The number of nitrogens with zero attached hydrogens (tertiary/aromatic N) is 1. The van der Waals surface area contributed by atoms with Crippen LogP contribution in [0, 0.1) is 5.82 Å². The number of hydrogen-bond acceptors (Lipinski definition) is 2. The van der Waals surface area contributed by atoms with Crippen molar-refractivity contribution in [2.45, 2.75) is 6.42 Å². The number of H-pyrrole nitrogens is 1. The first-order valence-corrected chi connectivity index (χ1v) is 4.77. The summed E-state index contributed by atoms with van der Waals surface area (Å²) in [5.74, 6) is -0.589. The van der Waals surface area contributed by atoms with Gasteiger partial charge < -0.3 is 10.3 Å². The van der Waals surface area contributed by atoms with E-state index in [0.29, 0.717) is 11.4 Å². The van der Waals surface area contributed by atoms with E-state index in [-0.39, 0.29) is 18.1 Å².